The van der Waals surface area contributed by atoms with Gasteiger partial charge in [-0.2, -0.15) is 0 Å². The van der Waals surface area contributed by atoms with Crippen LogP contribution in [-0.2, 0) is 0 Å². The molecule has 15 heavy (non-hydrogen) atoms. The second kappa shape index (κ2) is 3.43. The Bertz CT molecular complexity index is 351. The SMILES string of the molecule is Fc1cnc(NC2CC3CCC2C3)nc1. The summed E-state index contributed by atoms with van der Waals surface area (Å²) in [4.78, 5) is 7.86. The monoisotopic (exact) mass is 207 g/mol. The van der Waals surface area contributed by atoms with Crippen molar-refractivity contribution in [3.63, 3.8) is 0 Å². The summed E-state index contributed by atoms with van der Waals surface area (Å²) >= 11 is 0. The minimum Gasteiger partial charge on any atom is -0.351 e. The number of hydrogen-bond acceptors (Lipinski definition) is 3. The van der Waals surface area contributed by atoms with Crippen LogP contribution in [0, 0.1) is 17.7 Å². The fourth-order valence-electron chi connectivity index (χ4n) is 2.97. The first-order valence-corrected chi connectivity index (χ1v) is 5.55. The Morgan fingerprint density at radius 3 is 2.60 bits per heavy atom. The second-order valence-electron chi connectivity index (χ2n) is 4.65. The third-order valence-electron chi connectivity index (χ3n) is 3.67. The average Bonchev–Trinajstić information content (AvgIpc) is 2.83. The van der Waals surface area contributed by atoms with Crippen LogP contribution >= 0.6 is 0 Å². The molecule has 80 valence electrons. The number of nitrogens with zero attached hydrogens (tertiary/aromatic N) is 2. The molecule has 4 heteroatoms. The maximum absolute atomic E-state index is 12.6. The van der Waals surface area contributed by atoms with Crippen molar-refractivity contribution in [3.8, 4) is 0 Å². The van der Waals surface area contributed by atoms with Gasteiger partial charge in [0, 0.05) is 6.04 Å². The summed E-state index contributed by atoms with van der Waals surface area (Å²) in [6, 6.07) is 0.509. The lowest BCUT2D eigenvalue weighted by atomic mass is 9.95. The molecular weight excluding hydrogens is 193 g/mol. The molecule has 1 aromatic heterocycles. The highest BCUT2D eigenvalue weighted by Gasteiger charge is 2.39. The predicted octanol–water partition coefficient (Wildman–Crippen LogP) is 2.22. The zero-order chi connectivity index (χ0) is 10.3. The van der Waals surface area contributed by atoms with Gasteiger partial charge < -0.3 is 5.32 Å². The summed E-state index contributed by atoms with van der Waals surface area (Å²) in [7, 11) is 0. The Balaban J connectivity index is 1.68. The molecule has 0 spiro atoms. The standard InChI is InChI=1S/C11H14FN3/c12-9-5-13-11(14-6-9)15-10-4-7-1-2-8(10)3-7/h5-8,10H,1-4H2,(H,13,14,15). The van der Waals surface area contributed by atoms with Crippen molar-refractivity contribution in [1.82, 2.24) is 9.97 Å². The quantitative estimate of drug-likeness (QED) is 0.808. The van der Waals surface area contributed by atoms with E-state index >= 15 is 0 Å². The van der Waals surface area contributed by atoms with Gasteiger partial charge in [-0.15, -0.1) is 0 Å². The van der Waals surface area contributed by atoms with Gasteiger partial charge in [0.1, 0.15) is 0 Å². The van der Waals surface area contributed by atoms with Gasteiger partial charge in [0.2, 0.25) is 5.95 Å². The molecule has 3 unspecified atom stereocenters. The van der Waals surface area contributed by atoms with E-state index in [4.69, 9.17) is 0 Å². The van der Waals surface area contributed by atoms with Crippen LogP contribution in [0.3, 0.4) is 0 Å². The summed E-state index contributed by atoms with van der Waals surface area (Å²) in [5, 5.41) is 3.31. The topological polar surface area (TPSA) is 37.8 Å². The van der Waals surface area contributed by atoms with Gasteiger partial charge in [-0.1, -0.05) is 6.42 Å². The van der Waals surface area contributed by atoms with Gasteiger partial charge in [-0.3, -0.25) is 0 Å². The van der Waals surface area contributed by atoms with E-state index < -0.39 is 0 Å². The van der Waals surface area contributed by atoms with Crippen LogP contribution < -0.4 is 5.32 Å². The van der Waals surface area contributed by atoms with E-state index in [1.54, 1.807) is 0 Å². The number of nitrogens with one attached hydrogen (secondary N) is 1. The van der Waals surface area contributed by atoms with Gasteiger partial charge >= 0.3 is 0 Å². The number of halogens is 1. The van der Waals surface area contributed by atoms with Crippen molar-refractivity contribution in [2.45, 2.75) is 31.7 Å². The smallest absolute Gasteiger partial charge is 0.223 e. The predicted molar refractivity (Wildman–Crippen MR) is 54.8 cm³/mol. The highest BCUT2D eigenvalue weighted by atomic mass is 19.1. The van der Waals surface area contributed by atoms with Crippen molar-refractivity contribution in [2.24, 2.45) is 11.8 Å². The van der Waals surface area contributed by atoms with E-state index in [2.05, 4.69) is 15.3 Å². The normalized spacial score (nSPS) is 33.3. The fourth-order valence-corrected chi connectivity index (χ4v) is 2.97. The molecule has 3 rings (SSSR count). The van der Waals surface area contributed by atoms with E-state index in [9.17, 15) is 4.39 Å². The molecule has 2 bridgehead atoms. The van der Waals surface area contributed by atoms with Crippen molar-refractivity contribution in [1.29, 1.82) is 0 Å². The lowest BCUT2D eigenvalue weighted by molar-refractivity contribution is 0.437. The maximum atomic E-state index is 12.6. The van der Waals surface area contributed by atoms with Crippen molar-refractivity contribution in [3.05, 3.63) is 18.2 Å². The lowest BCUT2D eigenvalue weighted by Gasteiger charge is -2.22. The molecule has 2 aliphatic carbocycles. The molecule has 0 aliphatic heterocycles. The number of rotatable bonds is 2. The van der Waals surface area contributed by atoms with Crippen LogP contribution in [-0.4, -0.2) is 16.0 Å². The van der Waals surface area contributed by atoms with Crippen LogP contribution in [0.5, 0.6) is 0 Å². The van der Waals surface area contributed by atoms with Crippen molar-refractivity contribution in [2.75, 3.05) is 5.32 Å². The Hall–Kier alpha value is -1.19. The largest absolute Gasteiger partial charge is 0.351 e. The Morgan fingerprint density at radius 1 is 1.20 bits per heavy atom. The van der Waals surface area contributed by atoms with Crippen molar-refractivity contribution < 1.29 is 4.39 Å². The number of hydrogen-bond donors (Lipinski definition) is 1. The summed E-state index contributed by atoms with van der Waals surface area (Å²) < 4.78 is 12.6. The van der Waals surface area contributed by atoms with E-state index in [0.717, 1.165) is 11.8 Å². The summed E-state index contributed by atoms with van der Waals surface area (Å²) in [6.45, 7) is 0. The summed E-state index contributed by atoms with van der Waals surface area (Å²) in [6.07, 6.45) is 7.70. The van der Waals surface area contributed by atoms with Crippen LogP contribution in [0.25, 0.3) is 0 Å². The minimum atomic E-state index is -0.381. The summed E-state index contributed by atoms with van der Waals surface area (Å²) in [5.74, 6) is 1.86. The van der Waals surface area contributed by atoms with Crippen LogP contribution in [0.15, 0.2) is 12.4 Å². The number of aromatic nitrogens is 2. The Morgan fingerprint density at radius 2 is 2.00 bits per heavy atom. The molecule has 0 amide bonds. The molecule has 2 fully saturated rings. The van der Waals surface area contributed by atoms with Crippen LogP contribution in [0.4, 0.5) is 10.3 Å². The molecule has 1 heterocycles. The van der Waals surface area contributed by atoms with Gasteiger partial charge in [0.25, 0.3) is 0 Å². The molecular formula is C11H14FN3. The Labute approximate surface area is 88.1 Å². The van der Waals surface area contributed by atoms with Gasteiger partial charge in [-0.25, -0.2) is 14.4 Å². The molecule has 0 aromatic carbocycles. The summed E-state index contributed by atoms with van der Waals surface area (Å²) in [5.41, 5.74) is 0. The Kier molecular flexibility index (Phi) is 2.08. The lowest BCUT2D eigenvalue weighted by Crippen LogP contribution is -2.26. The number of anilines is 1. The molecule has 2 aliphatic rings. The molecule has 3 nitrogen and oxygen atoms in total. The van der Waals surface area contributed by atoms with Crippen LogP contribution in [0.2, 0.25) is 0 Å². The average molecular weight is 207 g/mol. The third kappa shape index (κ3) is 1.68. The second-order valence-corrected chi connectivity index (χ2v) is 4.65. The molecule has 0 saturated heterocycles. The van der Waals surface area contributed by atoms with Gasteiger partial charge in [-0.05, 0) is 31.1 Å². The number of fused-ring (bicyclic) bond motifs is 2. The van der Waals surface area contributed by atoms with E-state index in [0.29, 0.717) is 12.0 Å². The third-order valence-corrected chi connectivity index (χ3v) is 3.67. The van der Waals surface area contributed by atoms with E-state index in [1.807, 2.05) is 0 Å². The molecule has 2 saturated carbocycles. The fraction of sp³-hybridized carbons (Fsp3) is 0.636. The minimum absolute atomic E-state index is 0.381. The molecule has 3 atom stereocenters. The molecule has 0 radical (unpaired) electrons. The highest BCUT2D eigenvalue weighted by molar-refractivity contribution is 5.26. The first-order chi connectivity index (χ1) is 7.31. The molecule has 1 aromatic rings. The van der Waals surface area contributed by atoms with Crippen LogP contribution in [0.1, 0.15) is 25.7 Å². The zero-order valence-corrected chi connectivity index (χ0v) is 8.49. The van der Waals surface area contributed by atoms with Crippen molar-refractivity contribution >= 4 is 5.95 Å². The first-order valence-electron chi connectivity index (χ1n) is 5.55. The van der Waals surface area contributed by atoms with E-state index in [1.165, 1.54) is 38.1 Å². The zero-order valence-electron chi connectivity index (χ0n) is 8.49. The maximum Gasteiger partial charge on any atom is 0.223 e. The molecule has 1 N–H and O–H groups in total. The highest BCUT2D eigenvalue weighted by Crippen LogP contribution is 2.45. The van der Waals surface area contributed by atoms with Gasteiger partial charge in [0.15, 0.2) is 5.82 Å². The van der Waals surface area contributed by atoms with E-state index in [-0.39, 0.29) is 5.82 Å². The first kappa shape index (κ1) is 9.07. The van der Waals surface area contributed by atoms with Gasteiger partial charge in [0.05, 0.1) is 12.4 Å².